The van der Waals surface area contributed by atoms with Gasteiger partial charge in [-0.2, -0.15) is 0 Å². The molecule has 4 heteroatoms. The molecule has 0 bridgehead atoms. The van der Waals surface area contributed by atoms with Crippen LogP contribution in [0.2, 0.25) is 0 Å². The summed E-state index contributed by atoms with van der Waals surface area (Å²) in [5, 5.41) is 3.05. The fourth-order valence-corrected chi connectivity index (χ4v) is 1.13. The van der Waals surface area contributed by atoms with Crippen LogP contribution in [-0.2, 0) is 6.42 Å². The Bertz CT molecular complexity index is 367. The highest BCUT2D eigenvalue weighted by Gasteiger charge is 2.06. The Hall–Kier alpha value is -1.80. The zero-order chi connectivity index (χ0) is 9.68. The third kappa shape index (κ3) is 2.07. The third-order valence-electron chi connectivity index (χ3n) is 1.76. The molecule has 66 valence electrons. The molecular formula is C9H9N3O. The lowest BCUT2D eigenvalue weighted by molar-refractivity contribution is 0.0999. The van der Waals surface area contributed by atoms with E-state index in [1.807, 2.05) is 19.1 Å². The molecule has 0 saturated carbocycles. The van der Waals surface area contributed by atoms with Crippen LogP contribution in [0.15, 0.2) is 29.4 Å². The van der Waals surface area contributed by atoms with E-state index >= 15 is 0 Å². The van der Waals surface area contributed by atoms with Crippen molar-refractivity contribution >= 4 is 5.91 Å². The van der Waals surface area contributed by atoms with Crippen LogP contribution in [0.25, 0.3) is 10.4 Å². The van der Waals surface area contributed by atoms with Crippen LogP contribution in [0.4, 0.5) is 0 Å². The highest BCUT2D eigenvalue weighted by molar-refractivity contribution is 5.96. The average Bonchev–Trinajstić information content (AvgIpc) is 2.18. The Balaban J connectivity index is 3.12. The molecule has 0 heterocycles. The molecule has 0 N–H and O–H groups in total. The summed E-state index contributed by atoms with van der Waals surface area (Å²) in [6, 6.07) is 7.11. The predicted molar refractivity (Wildman–Crippen MR) is 49.3 cm³/mol. The second kappa shape index (κ2) is 4.28. The molecule has 4 nitrogen and oxygen atoms in total. The summed E-state index contributed by atoms with van der Waals surface area (Å²) in [5.41, 5.74) is 9.49. The number of amides is 1. The number of hydrogen-bond donors (Lipinski definition) is 0. The van der Waals surface area contributed by atoms with Gasteiger partial charge in [0.1, 0.15) is 0 Å². The zero-order valence-corrected chi connectivity index (χ0v) is 7.27. The van der Waals surface area contributed by atoms with Crippen molar-refractivity contribution in [2.24, 2.45) is 5.11 Å². The number of hydrogen-bond acceptors (Lipinski definition) is 1. The van der Waals surface area contributed by atoms with Gasteiger partial charge in [-0.15, -0.1) is 0 Å². The Morgan fingerprint density at radius 2 is 2.23 bits per heavy atom. The summed E-state index contributed by atoms with van der Waals surface area (Å²) in [4.78, 5) is 13.7. The van der Waals surface area contributed by atoms with Crippen molar-refractivity contribution in [3.05, 3.63) is 45.8 Å². The van der Waals surface area contributed by atoms with Crippen LogP contribution in [-0.4, -0.2) is 5.91 Å². The SMILES string of the molecule is CCc1ccccc1C(=O)N=[N+]=[N-]. The van der Waals surface area contributed by atoms with Crippen LogP contribution in [0, 0.1) is 0 Å². The third-order valence-corrected chi connectivity index (χ3v) is 1.76. The molecule has 1 amide bonds. The Morgan fingerprint density at radius 3 is 2.85 bits per heavy atom. The molecule has 0 aliphatic carbocycles. The Morgan fingerprint density at radius 1 is 1.54 bits per heavy atom. The number of carbonyl (C=O) groups excluding carboxylic acids is 1. The van der Waals surface area contributed by atoms with E-state index in [4.69, 9.17) is 5.53 Å². The normalized spacial score (nSPS) is 9.00. The second-order valence-electron chi connectivity index (χ2n) is 2.51. The highest BCUT2D eigenvalue weighted by atomic mass is 16.1. The number of aryl methyl sites for hydroxylation is 1. The molecule has 0 aliphatic heterocycles. The molecule has 0 spiro atoms. The maximum absolute atomic E-state index is 11.2. The van der Waals surface area contributed by atoms with Gasteiger partial charge in [0.05, 0.1) is 0 Å². The van der Waals surface area contributed by atoms with Gasteiger partial charge in [-0.25, -0.2) is 0 Å². The first kappa shape index (κ1) is 9.29. The number of carbonyl (C=O) groups is 1. The number of nitrogens with zero attached hydrogens (tertiary/aromatic N) is 3. The second-order valence-corrected chi connectivity index (χ2v) is 2.51. The lowest BCUT2D eigenvalue weighted by atomic mass is 10.1. The monoisotopic (exact) mass is 175 g/mol. The predicted octanol–water partition coefficient (Wildman–Crippen LogP) is 2.70. The van der Waals surface area contributed by atoms with E-state index < -0.39 is 5.91 Å². The summed E-state index contributed by atoms with van der Waals surface area (Å²) >= 11 is 0. The largest absolute Gasteiger partial charge is 0.287 e. The van der Waals surface area contributed by atoms with Crippen LogP contribution in [0.3, 0.4) is 0 Å². The fraction of sp³-hybridized carbons (Fsp3) is 0.222. The van der Waals surface area contributed by atoms with Gasteiger partial charge < -0.3 is 0 Å². The van der Waals surface area contributed by atoms with Crippen molar-refractivity contribution in [3.63, 3.8) is 0 Å². The summed E-state index contributed by atoms with van der Waals surface area (Å²) in [6.07, 6.45) is 0.753. The van der Waals surface area contributed by atoms with Crippen molar-refractivity contribution < 1.29 is 4.79 Å². The van der Waals surface area contributed by atoms with E-state index in [9.17, 15) is 4.79 Å². The molecule has 1 rings (SSSR count). The molecule has 0 aliphatic rings. The summed E-state index contributed by atoms with van der Waals surface area (Å²) in [5.74, 6) is -0.514. The van der Waals surface area contributed by atoms with E-state index in [1.54, 1.807) is 12.1 Å². The van der Waals surface area contributed by atoms with E-state index in [-0.39, 0.29) is 0 Å². The summed E-state index contributed by atoms with van der Waals surface area (Å²) < 4.78 is 0. The quantitative estimate of drug-likeness (QED) is 0.387. The van der Waals surface area contributed by atoms with Crippen molar-refractivity contribution in [2.75, 3.05) is 0 Å². The van der Waals surface area contributed by atoms with Gasteiger partial charge in [0.25, 0.3) is 0 Å². The summed E-state index contributed by atoms with van der Waals surface area (Å²) in [7, 11) is 0. The van der Waals surface area contributed by atoms with E-state index in [1.165, 1.54) is 0 Å². The van der Waals surface area contributed by atoms with E-state index in [2.05, 4.69) is 10.0 Å². The molecule has 0 aromatic heterocycles. The highest BCUT2D eigenvalue weighted by Crippen LogP contribution is 2.10. The fourth-order valence-electron chi connectivity index (χ4n) is 1.13. The van der Waals surface area contributed by atoms with Crippen LogP contribution < -0.4 is 0 Å². The van der Waals surface area contributed by atoms with Gasteiger partial charge in [0, 0.05) is 10.5 Å². The number of rotatable bonds is 2. The van der Waals surface area contributed by atoms with Gasteiger partial charge in [-0.05, 0) is 22.6 Å². The first-order valence-electron chi connectivity index (χ1n) is 3.97. The minimum absolute atomic E-state index is 0.489. The molecule has 0 fully saturated rings. The molecule has 1 aromatic carbocycles. The molecule has 13 heavy (non-hydrogen) atoms. The lowest BCUT2D eigenvalue weighted by Crippen LogP contribution is -1.98. The maximum Gasteiger partial charge on any atom is 0.249 e. The summed E-state index contributed by atoms with van der Waals surface area (Å²) in [6.45, 7) is 1.95. The lowest BCUT2D eigenvalue weighted by Gasteiger charge is -2.01. The first-order valence-corrected chi connectivity index (χ1v) is 3.97. The average molecular weight is 175 g/mol. The minimum atomic E-state index is -0.514. The maximum atomic E-state index is 11.2. The molecule has 0 unspecified atom stereocenters. The molecule has 1 aromatic rings. The van der Waals surface area contributed by atoms with Gasteiger partial charge in [-0.1, -0.05) is 31.2 Å². The van der Waals surface area contributed by atoms with Crippen LogP contribution in [0.1, 0.15) is 22.8 Å². The topological polar surface area (TPSA) is 65.8 Å². The van der Waals surface area contributed by atoms with Gasteiger partial charge in [0.2, 0.25) is 5.91 Å². The Labute approximate surface area is 75.8 Å². The zero-order valence-electron chi connectivity index (χ0n) is 7.27. The molecule has 0 saturated heterocycles. The minimum Gasteiger partial charge on any atom is -0.287 e. The van der Waals surface area contributed by atoms with Crippen molar-refractivity contribution in [1.82, 2.24) is 0 Å². The molecular weight excluding hydrogens is 166 g/mol. The molecule has 0 radical (unpaired) electrons. The van der Waals surface area contributed by atoms with Crippen molar-refractivity contribution in [1.29, 1.82) is 0 Å². The number of azide groups is 1. The van der Waals surface area contributed by atoms with Gasteiger partial charge >= 0.3 is 0 Å². The first-order chi connectivity index (χ1) is 6.29. The van der Waals surface area contributed by atoms with Crippen LogP contribution in [0.5, 0.6) is 0 Å². The van der Waals surface area contributed by atoms with Crippen molar-refractivity contribution in [2.45, 2.75) is 13.3 Å². The van der Waals surface area contributed by atoms with Gasteiger partial charge in [0.15, 0.2) is 0 Å². The van der Waals surface area contributed by atoms with E-state index in [0.29, 0.717) is 5.56 Å². The Kier molecular flexibility index (Phi) is 3.06. The standard InChI is InChI=1S/C9H9N3O/c1-2-7-5-3-4-6-8(7)9(13)11-12-10/h3-6H,2H2,1H3. The van der Waals surface area contributed by atoms with Crippen LogP contribution >= 0.6 is 0 Å². The number of benzene rings is 1. The van der Waals surface area contributed by atoms with Crippen molar-refractivity contribution in [3.8, 4) is 0 Å². The van der Waals surface area contributed by atoms with E-state index in [0.717, 1.165) is 12.0 Å². The molecule has 0 atom stereocenters. The smallest absolute Gasteiger partial charge is 0.249 e. The van der Waals surface area contributed by atoms with Gasteiger partial charge in [-0.3, -0.25) is 4.79 Å².